The Bertz CT molecular complexity index is 1410. The van der Waals surface area contributed by atoms with E-state index in [1.165, 1.54) is 25.3 Å². The number of anilines is 1. The van der Waals surface area contributed by atoms with Crippen LogP contribution in [0.1, 0.15) is 15.9 Å². The first-order valence-electron chi connectivity index (χ1n) is 10.8. The zero-order valence-corrected chi connectivity index (χ0v) is 19.8. The molecule has 0 heterocycles. The summed E-state index contributed by atoms with van der Waals surface area (Å²) in [6.07, 6.45) is 0. The van der Waals surface area contributed by atoms with Crippen molar-refractivity contribution in [1.82, 2.24) is 4.72 Å². The van der Waals surface area contributed by atoms with Gasteiger partial charge in [0.25, 0.3) is 5.91 Å². The maximum Gasteiger partial charge on any atom is 0.255 e. The number of rotatable bonds is 9. The predicted molar refractivity (Wildman–Crippen MR) is 134 cm³/mol. The number of ether oxygens (including phenoxy) is 2. The van der Waals surface area contributed by atoms with Gasteiger partial charge in [0.2, 0.25) is 10.0 Å². The Kier molecular flexibility index (Phi) is 7.45. The van der Waals surface area contributed by atoms with Gasteiger partial charge in [-0.2, -0.15) is 0 Å². The lowest BCUT2D eigenvalue weighted by Gasteiger charge is -2.14. The molecule has 0 spiro atoms. The number of amides is 1. The molecule has 8 heteroatoms. The Morgan fingerprint density at radius 1 is 0.800 bits per heavy atom. The minimum Gasteiger partial charge on any atom is -0.495 e. The van der Waals surface area contributed by atoms with E-state index in [4.69, 9.17) is 9.47 Å². The van der Waals surface area contributed by atoms with Crippen molar-refractivity contribution in [3.05, 3.63) is 114 Å². The van der Waals surface area contributed by atoms with Crippen molar-refractivity contribution < 1.29 is 22.7 Å². The summed E-state index contributed by atoms with van der Waals surface area (Å²) in [5, 5.41) is 2.80. The van der Waals surface area contributed by atoms with E-state index in [9.17, 15) is 13.2 Å². The number of benzene rings is 4. The zero-order valence-electron chi connectivity index (χ0n) is 19.0. The van der Waals surface area contributed by atoms with E-state index < -0.39 is 15.9 Å². The van der Waals surface area contributed by atoms with Gasteiger partial charge in [0.05, 0.1) is 12.8 Å². The Morgan fingerprint density at radius 3 is 2.17 bits per heavy atom. The van der Waals surface area contributed by atoms with Crippen molar-refractivity contribution in [1.29, 1.82) is 0 Å². The molecule has 0 aliphatic heterocycles. The van der Waals surface area contributed by atoms with Gasteiger partial charge in [-0.1, -0.05) is 60.7 Å². The molecule has 0 saturated heterocycles. The van der Waals surface area contributed by atoms with Crippen molar-refractivity contribution in [3.63, 3.8) is 0 Å². The van der Waals surface area contributed by atoms with E-state index in [2.05, 4.69) is 10.0 Å². The molecular formula is C27H24N2O5S. The maximum absolute atomic E-state index is 13.1. The number of hydrogen-bond acceptors (Lipinski definition) is 5. The van der Waals surface area contributed by atoms with Crippen molar-refractivity contribution in [2.45, 2.75) is 11.4 Å². The monoisotopic (exact) mass is 488 g/mol. The Balaban J connectivity index is 1.56. The zero-order chi connectivity index (χ0) is 24.7. The first kappa shape index (κ1) is 24.0. The number of sulfonamides is 1. The van der Waals surface area contributed by atoms with Crippen LogP contribution in [0.4, 0.5) is 5.69 Å². The van der Waals surface area contributed by atoms with Crippen LogP contribution in [-0.2, 0) is 16.6 Å². The van der Waals surface area contributed by atoms with Crippen molar-refractivity contribution in [2.75, 3.05) is 12.4 Å². The van der Waals surface area contributed by atoms with Crippen molar-refractivity contribution >= 4 is 21.6 Å². The Morgan fingerprint density at radius 2 is 1.46 bits per heavy atom. The third-order valence-corrected chi connectivity index (χ3v) is 6.55. The highest BCUT2D eigenvalue weighted by Crippen LogP contribution is 2.30. The quantitative estimate of drug-likeness (QED) is 0.337. The summed E-state index contributed by atoms with van der Waals surface area (Å²) in [5.74, 6) is 0.723. The van der Waals surface area contributed by atoms with E-state index in [1.54, 1.807) is 24.3 Å². The molecule has 178 valence electrons. The molecule has 0 fully saturated rings. The van der Waals surface area contributed by atoms with Crippen LogP contribution in [0.3, 0.4) is 0 Å². The topological polar surface area (TPSA) is 93.7 Å². The number of nitrogens with one attached hydrogen (secondary N) is 2. The molecule has 0 atom stereocenters. The minimum absolute atomic E-state index is 0.104. The first-order valence-corrected chi connectivity index (χ1v) is 12.3. The summed E-state index contributed by atoms with van der Waals surface area (Å²) in [6, 6.07) is 29.6. The van der Waals surface area contributed by atoms with Crippen LogP contribution in [0, 0.1) is 0 Å². The molecule has 0 bridgehead atoms. The minimum atomic E-state index is -3.96. The number of carbonyl (C=O) groups is 1. The molecule has 7 nitrogen and oxygen atoms in total. The standard InChI is InChI=1S/C27H24N2O5S/c1-33-25-17-16-21(18-26(25)35(31,32)28-19-20-10-4-2-5-11-20)27(30)29-23-14-8-9-15-24(23)34-22-12-6-3-7-13-22/h2-18,28H,19H2,1H3,(H,29,30). The lowest BCUT2D eigenvalue weighted by molar-refractivity contribution is 0.102. The Hall–Kier alpha value is -4.14. The molecule has 4 rings (SSSR count). The third-order valence-electron chi connectivity index (χ3n) is 5.13. The second-order valence-electron chi connectivity index (χ2n) is 7.54. The van der Waals surface area contributed by atoms with Gasteiger partial charge in [0.15, 0.2) is 5.75 Å². The molecule has 1 amide bonds. The molecule has 4 aromatic rings. The molecule has 0 aromatic heterocycles. The van der Waals surface area contributed by atoms with Crippen LogP contribution < -0.4 is 19.5 Å². The highest BCUT2D eigenvalue weighted by atomic mass is 32.2. The van der Waals surface area contributed by atoms with E-state index >= 15 is 0 Å². The molecular weight excluding hydrogens is 464 g/mol. The van der Waals surface area contributed by atoms with Crippen LogP contribution in [0.15, 0.2) is 108 Å². The molecule has 0 radical (unpaired) electrons. The molecule has 2 N–H and O–H groups in total. The average molecular weight is 489 g/mol. The van der Waals surface area contributed by atoms with Gasteiger partial charge < -0.3 is 14.8 Å². The van der Waals surface area contributed by atoms with Gasteiger partial charge in [0.1, 0.15) is 16.4 Å². The van der Waals surface area contributed by atoms with Gasteiger partial charge in [-0.15, -0.1) is 0 Å². The molecule has 0 unspecified atom stereocenters. The molecule has 35 heavy (non-hydrogen) atoms. The summed E-state index contributed by atoms with van der Waals surface area (Å²) in [4.78, 5) is 12.9. The fraction of sp³-hybridized carbons (Fsp3) is 0.0741. The third kappa shape index (κ3) is 6.06. The summed E-state index contributed by atoms with van der Waals surface area (Å²) in [6.45, 7) is 0.104. The lowest BCUT2D eigenvalue weighted by Crippen LogP contribution is -2.24. The molecule has 4 aromatic carbocycles. The van der Waals surface area contributed by atoms with Crippen LogP contribution in [-0.4, -0.2) is 21.4 Å². The molecule has 0 saturated carbocycles. The van der Waals surface area contributed by atoms with Gasteiger partial charge in [-0.05, 0) is 48.0 Å². The van der Waals surface area contributed by atoms with Crippen LogP contribution in [0.25, 0.3) is 0 Å². The number of para-hydroxylation sites is 3. The van der Waals surface area contributed by atoms with Gasteiger partial charge in [-0.25, -0.2) is 13.1 Å². The maximum atomic E-state index is 13.1. The number of carbonyl (C=O) groups excluding carboxylic acids is 1. The summed E-state index contributed by atoms with van der Waals surface area (Å²) < 4.78 is 39.8. The Labute approximate surface area is 204 Å². The van der Waals surface area contributed by atoms with Crippen LogP contribution in [0.5, 0.6) is 17.2 Å². The normalized spacial score (nSPS) is 11.0. The van der Waals surface area contributed by atoms with Crippen molar-refractivity contribution in [2.24, 2.45) is 0 Å². The number of methoxy groups -OCH3 is 1. The van der Waals surface area contributed by atoms with E-state index in [0.29, 0.717) is 17.2 Å². The first-order chi connectivity index (χ1) is 17.0. The molecule has 0 aliphatic rings. The van der Waals surface area contributed by atoms with Crippen LogP contribution >= 0.6 is 0 Å². The van der Waals surface area contributed by atoms with Gasteiger partial charge >= 0.3 is 0 Å². The smallest absolute Gasteiger partial charge is 0.255 e. The largest absolute Gasteiger partial charge is 0.495 e. The fourth-order valence-corrected chi connectivity index (χ4v) is 4.56. The van der Waals surface area contributed by atoms with Crippen molar-refractivity contribution in [3.8, 4) is 17.2 Å². The van der Waals surface area contributed by atoms with E-state index in [0.717, 1.165) is 5.56 Å². The van der Waals surface area contributed by atoms with E-state index in [-0.39, 0.29) is 22.8 Å². The second kappa shape index (κ2) is 10.9. The molecule has 0 aliphatic carbocycles. The summed E-state index contributed by atoms with van der Waals surface area (Å²) in [7, 11) is -2.58. The highest BCUT2D eigenvalue weighted by Gasteiger charge is 2.22. The SMILES string of the molecule is COc1ccc(C(=O)Nc2ccccc2Oc2ccccc2)cc1S(=O)(=O)NCc1ccccc1. The van der Waals surface area contributed by atoms with E-state index in [1.807, 2.05) is 60.7 Å². The van der Waals surface area contributed by atoms with Gasteiger partial charge in [0, 0.05) is 12.1 Å². The van der Waals surface area contributed by atoms with Crippen LogP contribution in [0.2, 0.25) is 0 Å². The fourth-order valence-electron chi connectivity index (χ4n) is 3.35. The lowest BCUT2D eigenvalue weighted by atomic mass is 10.2. The average Bonchev–Trinajstić information content (AvgIpc) is 2.89. The number of hydrogen-bond donors (Lipinski definition) is 2. The van der Waals surface area contributed by atoms with Gasteiger partial charge in [-0.3, -0.25) is 4.79 Å². The summed E-state index contributed by atoms with van der Waals surface area (Å²) >= 11 is 0. The summed E-state index contributed by atoms with van der Waals surface area (Å²) in [5.41, 5.74) is 1.41. The highest BCUT2D eigenvalue weighted by molar-refractivity contribution is 7.89. The second-order valence-corrected chi connectivity index (χ2v) is 9.28. The predicted octanol–water partition coefficient (Wildman–Crippen LogP) is 5.22.